The van der Waals surface area contributed by atoms with Crippen LogP contribution in [0.15, 0.2) is 42.5 Å². The van der Waals surface area contributed by atoms with Gasteiger partial charge in [-0.25, -0.2) is 14.7 Å². The lowest BCUT2D eigenvalue weighted by Crippen LogP contribution is -2.46. The Kier molecular flexibility index (Phi) is 4.77. The zero-order chi connectivity index (χ0) is 22.6. The molecule has 2 saturated heterocycles. The molecule has 2 aromatic carbocycles. The molecule has 0 radical (unpaired) electrons. The standard InChI is InChI=1S/C24H24N4O4S/c1-24(16-8-9-18-19(11-16)32-14-31-18)22(29)28(23(30)26-24)13-27-10-4-5-15(12-27)21-25-17-6-2-3-7-20(17)33-21/h2-3,6-9,11,15H,4-5,10,12-14H2,1H3,(H,26,30). The van der Waals surface area contributed by atoms with E-state index in [1.165, 1.54) is 9.60 Å². The Morgan fingerprint density at radius 1 is 1.18 bits per heavy atom. The Labute approximate surface area is 195 Å². The van der Waals surface area contributed by atoms with Gasteiger partial charge < -0.3 is 14.8 Å². The summed E-state index contributed by atoms with van der Waals surface area (Å²) in [6.07, 6.45) is 2.06. The quantitative estimate of drug-likeness (QED) is 0.594. The predicted molar refractivity (Wildman–Crippen MR) is 123 cm³/mol. The lowest BCUT2D eigenvalue weighted by atomic mass is 9.91. The number of fused-ring (bicyclic) bond motifs is 2. The van der Waals surface area contributed by atoms with Crippen molar-refractivity contribution in [2.75, 3.05) is 26.6 Å². The number of likely N-dealkylation sites (tertiary alicyclic amines) is 1. The third-order valence-corrected chi connectivity index (χ3v) is 7.93. The number of para-hydroxylation sites is 1. The van der Waals surface area contributed by atoms with Gasteiger partial charge in [0.15, 0.2) is 11.5 Å². The minimum Gasteiger partial charge on any atom is -0.454 e. The van der Waals surface area contributed by atoms with Crippen molar-refractivity contribution in [3.8, 4) is 11.5 Å². The van der Waals surface area contributed by atoms with E-state index in [9.17, 15) is 9.59 Å². The number of aromatic nitrogens is 1. The van der Waals surface area contributed by atoms with Crippen molar-refractivity contribution in [2.45, 2.75) is 31.2 Å². The van der Waals surface area contributed by atoms with Gasteiger partial charge in [0.05, 0.1) is 21.9 Å². The molecule has 3 aliphatic rings. The molecular formula is C24H24N4O4S. The molecule has 0 bridgehead atoms. The highest BCUT2D eigenvalue weighted by Crippen LogP contribution is 2.38. The summed E-state index contributed by atoms with van der Waals surface area (Å²) in [4.78, 5) is 34.6. The molecule has 2 atom stereocenters. The van der Waals surface area contributed by atoms with Crippen LogP contribution in [0.5, 0.6) is 11.5 Å². The van der Waals surface area contributed by atoms with Gasteiger partial charge in [-0.05, 0) is 56.1 Å². The third kappa shape index (κ3) is 3.43. The molecule has 1 aromatic heterocycles. The molecule has 3 aromatic rings. The van der Waals surface area contributed by atoms with E-state index in [0.717, 1.165) is 36.5 Å². The molecule has 1 N–H and O–H groups in total. The van der Waals surface area contributed by atoms with Gasteiger partial charge in [0.25, 0.3) is 5.91 Å². The molecule has 6 rings (SSSR count). The SMILES string of the molecule is CC1(c2ccc3c(c2)OCO3)NC(=O)N(CN2CCCC(c3nc4ccccc4s3)C2)C1=O. The third-order valence-electron chi connectivity index (χ3n) is 6.73. The Bertz CT molecular complexity index is 1230. The van der Waals surface area contributed by atoms with Crippen LogP contribution in [0, 0.1) is 0 Å². The number of imide groups is 1. The van der Waals surface area contributed by atoms with Crippen molar-refractivity contribution >= 4 is 33.5 Å². The molecule has 3 amide bonds. The first-order valence-electron chi connectivity index (χ1n) is 11.1. The fourth-order valence-electron chi connectivity index (χ4n) is 4.88. The molecule has 2 unspecified atom stereocenters. The van der Waals surface area contributed by atoms with E-state index < -0.39 is 5.54 Å². The Morgan fingerprint density at radius 3 is 2.91 bits per heavy atom. The zero-order valence-corrected chi connectivity index (χ0v) is 19.1. The number of nitrogens with zero attached hydrogens (tertiary/aromatic N) is 3. The Hall–Kier alpha value is -3.17. The van der Waals surface area contributed by atoms with Crippen molar-refractivity contribution in [1.82, 2.24) is 20.1 Å². The van der Waals surface area contributed by atoms with E-state index in [0.29, 0.717) is 23.0 Å². The molecule has 33 heavy (non-hydrogen) atoms. The van der Waals surface area contributed by atoms with Crippen molar-refractivity contribution < 1.29 is 19.1 Å². The molecular weight excluding hydrogens is 440 g/mol. The highest BCUT2D eigenvalue weighted by atomic mass is 32.1. The molecule has 3 aliphatic heterocycles. The normalized spacial score (nSPS) is 25.1. The van der Waals surface area contributed by atoms with Crippen LogP contribution in [0.1, 0.15) is 36.3 Å². The van der Waals surface area contributed by atoms with E-state index in [1.807, 2.05) is 18.2 Å². The molecule has 0 aliphatic carbocycles. The zero-order valence-electron chi connectivity index (χ0n) is 18.2. The molecule has 170 valence electrons. The first kappa shape index (κ1) is 20.4. The molecule has 2 fully saturated rings. The average molecular weight is 465 g/mol. The maximum atomic E-state index is 13.4. The number of thiazole rings is 1. The lowest BCUT2D eigenvalue weighted by Gasteiger charge is -2.33. The van der Waals surface area contributed by atoms with Gasteiger partial charge in [-0.3, -0.25) is 9.69 Å². The van der Waals surface area contributed by atoms with Crippen LogP contribution in [0.25, 0.3) is 10.2 Å². The van der Waals surface area contributed by atoms with Crippen LogP contribution in [0.2, 0.25) is 0 Å². The van der Waals surface area contributed by atoms with Gasteiger partial charge in [-0.2, -0.15) is 0 Å². The van der Waals surface area contributed by atoms with Crippen LogP contribution in [-0.2, 0) is 10.3 Å². The second-order valence-electron chi connectivity index (χ2n) is 8.93. The van der Waals surface area contributed by atoms with Gasteiger partial charge in [-0.15, -0.1) is 11.3 Å². The average Bonchev–Trinajstić information content (AvgIpc) is 3.52. The number of urea groups is 1. The topological polar surface area (TPSA) is 84.0 Å². The highest BCUT2D eigenvalue weighted by Gasteiger charge is 2.50. The fraction of sp³-hybridized carbons (Fsp3) is 0.375. The van der Waals surface area contributed by atoms with E-state index >= 15 is 0 Å². The number of hydrogen-bond donors (Lipinski definition) is 1. The smallest absolute Gasteiger partial charge is 0.326 e. The van der Waals surface area contributed by atoms with Crippen LogP contribution < -0.4 is 14.8 Å². The van der Waals surface area contributed by atoms with Crippen molar-refractivity contribution in [2.24, 2.45) is 0 Å². The highest BCUT2D eigenvalue weighted by molar-refractivity contribution is 7.18. The number of ether oxygens (including phenoxy) is 2. The number of piperidine rings is 1. The Morgan fingerprint density at radius 2 is 2.03 bits per heavy atom. The number of carbonyl (C=O) groups excluding carboxylic acids is 2. The van der Waals surface area contributed by atoms with E-state index in [2.05, 4.69) is 16.3 Å². The predicted octanol–water partition coefficient (Wildman–Crippen LogP) is 3.63. The molecule has 0 saturated carbocycles. The second kappa shape index (κ2) is 7.71. The number of rotatable bonds is 4. The minimum absolute atomic E-state index is 0.159. The lowest BCUT2D eigenvalue weighted by molar-refractivity contribution is -0.132. The number of nitrogens with one attached hydrogen (secondary N) is 1. The summed E-state index contributed by atoms with van der Waals surface area (Å²) in [5.74, 6) is 1.28. The molecule has 9 heteroatoms. The maximum absolute atomic E-state index is 13.4. The number of amides is 3. The van der Waals surface area contributed by atoms with Crippen LogP contribution in [0.4, 0.5) is 4.79 Å². The van der Waals surface area contributed by atoms with E-state index in [4.69, 9.17) is 14.5 Å². The fourth-order valence-corrected chi connectivity index (χ4v) is 5.97. The summed E-state index contributed by atoms with van der Waals surface area (Å²) < 4.78 is 12.0. The van der Waals surface area contributed by atoms with Gasteiger partial charge >= 0.3 is 6.03 Å². The largest absolute Gasteiger partial charge is 0.454 e. The van der Waals surface area contributed by atoms with Gasteiger partial charge in [-0.1, -0.05) is 18.2 Å². The van der Waals surface area contributed by atoms with Gasteiger partial charge in [0, 0.05) is 12.5 Å². The van der Waals surface area contributed by atoms with Gasteiger partial charge in [0.1, 0.15) is 5.54 Å². The molecule has 8 nitrogen and oxygen atoms in total. The Balaban J connectivity index is 1.19. The number of carbonyl (C=O) groups is 2. The first-order chi connectivity index (χ1) is 16.0. The monoisotopic (exact) mass is 464 g/mol. The van der Waals surface area contributed by atoms with Crippen LogP contribution >= 0.6 is 11.3 Å². The number of hydrogen-bond acceptors (Lipinski definition) is 7. The minimum atomic E-state index is -1.14. The molecule has 4 heterocycles. The summed E-state index contributed by atoms with van der Waals surface area (Å²) in [6.45, 7) is 3.79. The van der Waals surface area contributed by atoms with E-state index in [-0.39, 0.29) is 25.4 Å². The van der Waals surface area contributed by atoms with Crippen LogP contribution in [-0.4, -0.2) is 53.3 Å². The second-order valence-corrected chi connectivity index (χ2v) is 10.00. The first-order valence-corrected chi connectivity index (χ1v) is 11.9. The summed E-state index contributed by atoms with van der Waals surface area (Å²) in [7, 11) is 0. The van der Waals surface area contributed by atoms with E-state index in [1.54, 1.807) is 36.5 Å². The maximum Gasteiger partial charge on any atom is 0.326 e. The summed E-state index contributed by atoms with van der Waals surface area (Å²) >= 11 is 1.74. The van der Waals surface area contributed by atoms with Crippen LogP contribution in [0.3, 0.4) is 0 Å². The number of benzene rings is 2. The summed E-state index contributed by atoms with van der Waals surface area (Å²) in [5, 5.41) is 4.02. The van der Waals surface area contributed by atoms with Crippen molar-refractivity contribution in [3.63, 3.8) is 0 Å². The summed E-state index contributed by atoms with van der Waals surface area (Å²) in [5.41, 5.74) is 0.571. The molecule has 0 spiro atoms. The summed E-state index contributed by atoms with van der Waals surface area (Å²) in [6, 6.07) is 13.2. The van der Waals surface area contributed by atoms with Gasteiger partial charge in [0.2, 0.25) is 6.79 Å². The van der Waals surface area contributed by atoms with Crippen molar-refractivity contribution in [3.05, 3.63) is 53.0 Å². The van der Waals surface area contributed by atoms with Crippen molar-refractivity contribution in [1.29, 1.82) is 0 Å².